The first-order valence-electron chi connectivity index (χ1n) is 13.4. The molecule has 1 atom stereocenters. The molecule has 9 nitrogen and oxygen atoms in total. The van der Waals surface area contributed by atoms with Crippen molar-refractivity contribution in [1.82, 2.24) is 24.4 Å². The Kier molecular flexibility index (Phi) is 9.13. The lowest BCUT2D eigenvalue weighted by Crippen LogP contribution is -2.38. The van der Waals surface area contributed by atoms with E-state index in [1.807, 2.05) is 42.1 Å². The second-order valence-corrected chi connectivity index (χ2v) is 11.5. The molecule has 2 N–H and O–H groups in total. The lowest BCUT2D eigenvalue weighted by atomic mass is 9.93. The van der Waals surface area contributed by atoms with Crippen LogP contribution in [0.1, 0.15) is 24.5 Å². The van der Waals surface area contributed by atoms with Crippen molar-refractivity contribution < 1.29 is 14.3 Å². The SMILES string of the molecule is COc1cc(-c2c(Cl)c(C3CCCN(C(=O)/C=C/CN(C)C)C3)n3ncnc(N)c23)ccc1Oc1ccc(Cl)c(Cl)c1. The molecule has 0 aliphatic carbocycles. The van der Waals surface area contributed by atoms with Crippen LogP contribution < -0.4 is 15.2 Å². The maximum atomic E-state index is 13.0. The van der Waals surface area contributed by atoms with Crippen molar-refractivity contribution in [2.45, 2.75) is 18.8 Å². The van der Waals surface area contributed by atoms with E-state index in [9.17, 15) is 4.79 Å². The number of hydrogen-bond acceptors (Lipinski definition) is 7. The number of nitrogen functional groups attached to an aromatic ring is 1. The zero-order chi connectivity index (χ0) is 30.0. The zero-order valence-electron chi connectivity index (χ0n) is 23.5. The number of benzene rings is 2. The number of nitrogens with two attached hydrogens (primary N) is 1. The molecule has 1 fully saturated rings. The number of methoxy groups -OCH3 is 1. The first kappa shape index (κ1) is 30.0. The van der Waals surface area contributed by atoms with Gasteiger partial charge < -0.3 is 25.0 Å². The molecule has 3 heterocycles. The van der Waals surface area contributed by atoms with Gasteiger partial charge in [-0.2, -0.15) is 5.10 Å². The highest BCUT2D eigenvalue weighted by Crippen LogP contribution is 2.45. The minimum Gasteiger partial charge on any atom is -0.493 e. The van der Waals surface area contributed by atoms with E-state index in [1.54, 1.807) is 42.0 Å². The number of rotatable bonds is 8. The molecule has 1 unspecified atom stereocenters. The van der Waals surface area contributed by atoms with Gasteiger partial charge in [0.15, 0.2) is 17.3 Å². The molecule has 42 heavy (non-hydrogen) atoms. The number of carbonyl (C=O) groups is 1. The number of nitrogens with zero attached hydrogens (tertiary/aromatic N) is 5. The first-order valence-corrected chi connectivity index (χ1v) is 14.5. The number of aromatic nitrogens is 3. The molecule has 1 saturated heterocycles. The fourth-order valence-electron chi connectivity index (χ4n) is 5.17. The van der Waals surface area contributed by atoms with Gasteiger partial charge in [-0.15, -0.1) is 0 Å². The molecule has 5 rings (SSSR count). The predicted octanol–water partition coefficient (Wildman–Crippen LogP) is 6.56. The molecule has 1 aliphatic heterocycles. The highest BCUT2D eigenvalue weighted by Gasteiger charge is 2.31. The summed E-state index contributed by atoms with van der Waals surface area (Å²) in [5.41, 5.74) is 9.21. The summed E-state index contributed by atoms with van der Waals surface area (Å²) < 4.78 is 13.5. The second kappa shape index (κ2) is 12.8. The number of amides is 1. The monoisotopic (exact) mass is 628 g/mol. The van der Waals surface area contributed by atoms with E-state index in [0.717, 1.165) is 24.1 Å². The maximum absolute atomic E-state index is 13.0. The minimum atomic E-state index is -0.0489. The summed E-state index contributed by atoms with van der Waals surface area (Å²) in [6.45, 7) is 1.89. The van der Waals surface area contributed by atoms with Crippen molar-refractivity contribution in [2.24, 2.45) is 0 Å². The maximum Gasteiger partial charge on any atom is 0.246 e. The Bertz CT molecular complexity index is 1660. The summed E-state index contributed by atoms with van der Waals surface area (Å²) in [5.74, 6) is 1.69. The highest BCUT2D eigenvalue weighted by molar-refractivity contribution is 6.42. The van der Waals surface area contributed by atoms with E-state index in [4.69, 9.17) is 50.0 Å². The van der Waals surface area contributed by atoms with E-state index in [1.165, 1.54) is 6.33 Å². The Morgan fingerprint density at radius 1 is 1.14 bits per heavy atom. The van der Waals surface area contributed by atoms with Crippen LogP contribution in [0.3, 0.4) is 0 Å². The third-order valence-electron chi connectivity index (χ3n) is 7.15. The number of likely N-dealkylation sites (tertiary alicyclic amines) is 1. The standard InChI is InChI=1S/C30H31Cl3N6O3/c1-37(2)12-5-7-25(40)38-13-4-6-19(16-38)28-27(33)26(29-30(34)35-17-36-39(28)29)18-8-11-23(24(14-18)41-3)42-20-9-10-21(31)22(32)15-20/h5,7-11,14-15,17,19H,4,6,12-13,16H2,1-3H3,(H2,34,35,36)/b7-5+. The number of likely N-dealkylation sites (N-methyl/N-ethyl adjacent to an activating group) is 1. The van der Waals surface area contributed by atoms with Gasteiger partial charge in [0.05, 0.1) is 27.9 Å². The van der Waals surface area contributed by atoms with E-state index in [-0.39, 0.29) is 11.8 Å². The van der Waals surface area contributed by atoms with Crippen LogP contribution >= 0.6 is 34.8 Å². The first-order chi connectivity index (χ1) is 20.2. The van der Waals surface area contributed by atoms with Gasteiger partial charge >= 0.3 is 0 Å². The molecule has 0 radical (unpaired) electrons. The second-order valence-electron chi connectivity index (χ2n) is 10.3. The summed E-state index contributed by atoms with van der Waals surface area (Å²) in [4.78, 5) is 21.1. The number of carbonyl (C=O) groups excluding carboxylic acids is 1. The van der Waals surface area contributed by atoms with Crippen LogP contribution in [0.5, 0.6) is 17.2 Å². The van der Waals surface area contributed by atoms with Gasteiger partial charge in [-0.05, 0) is 56.8 Å². The van der Waals surface area contributed by atoms with Crippen molar-refractivity contribution in [1.29, 1.82) is 0 Å². The molecule has 1 aliphatic rings. The Balaban J connectivity index is 1.51. The van der Waals surface area contributed by atoms with Gasteiger partial charge in [0.2, 0.25) is 5.91 Å². The van der Waals surface area contributed by atoms with Crippen molar-refractivity contribution in [3.05, 3.63) is 75.6 Å². The fourth-order valence-corrected chi connectivity index (χ4v) is 5.89. The number of anilines is 1. The average molecular weight is 630 g/mol. The van der Waals surface area contributed by atoms with E-state index in [0.29, 0.717) is 68.8 Å². The molecular weight excluding hydrogens is 599 g/mol. The minimum absolute atomic E-state index is 0.0183. The summed E-state index contributed by atoms with van der Waals surface area (Å²) in [6, 6.07) is 10.5. The summed E-state index contributed by atoms with van der Waals surface area (Å²) in [6.07, 6.45) is 6.61. The largest absolute Gasteiger partial charge is 0.493 e. The van der Waals surface area contributed by atoms with Gasteiger partial charge in [-0.1, -0.05) is 46.9 Å². The Morgan fingerprint density at radius 2 is 1.95 bits per heavy atom. The molecule has 0 spiro atoms. The molecular formula is C30H31Cl3N6O3. The molecule has 0 bridgehead atoms. The summed E-state index contributed by atoms with van der Waals surface area (Å²) >= 11 is 19.4. The molecule has 220 valence electrons. The lowest BCUT2D eigenvalue weighted by molar-refractivity contribution is -0.127. The molecule has 2 aromatic carbocycles. The quantitative estimate of drug-likeness (QED) is 0.220. The smallest absolute Gasteiger partial charge is 0.246 e. The number of piperidine rings is 1. The molecule has 12 heteroatoms. The van der Waals surface area contributed by atoms with Crippen molar-refractivity contribution in [3.8, 4) is 28.4 Å². The van der Waals surface area contributed by atoms with Crippen molar-refractivity contribution >= 4 is 52.0 Å². The van der Waals surface area contributed by atoms with Crippen molar-refractivity contribution in [2.75, 3.05) is 46.6 Å². The molecule has 1 amide bonds. The van der Waals surface area contributed by atoms with Gasteiger partial charge in [0.25, 0.3) is 0 Å². The van der Waals surface area contributed by atoms with Crippen LogP contribution in [0.2, 0.25) is 15.1 Å². The van der Waals surface area contributed by atoms with Gasteiger partial charge in [-0.25, -0.2) is 9.50 Å². The van der Waals surface area contributed by atoms with Gasteiger partial charge in [-0.3, -0.25) is 4.79 Å². The van der Waals surface area contributed by atoms with Gasteiger partial charge in [0.1, 0.15) is 17.6 Å². The van der Waals surface area contributed by atoms with Crippen LogP contribution in [-0.4, -0.2) is 71.1 Å². The third-order valence-corrected chi connectivity index (χ3v) is 8.27. The summed E-state index contributed by atoms with van der Waals surface area (Å²) in [7, 11) is 5.48. The van der Waals surface area contributed by atoms with Crippen LogP contribution in [-0.2, 0) is 4.79 Å². The van der Waals surface area contributed by atoms with E-state index >= 15 is 0 Å². The number of hydrogen-bond donors (Lipinski definition) is 1. The van der Waals surface area contributed by atoms with Crippen molar-refractivity contribution in [3.63, 3.8) is 0 Å². The number of halogens is 3. The van der Waals surface area contributed by atoms with Gasteiger partial charge in [0, 0.05) is 43.3 Å². The van der Waals surface area contributed by atoms with Crippen LogP contribution in [0.15, 0.2) is 54.9 Å². The van der Waals surface area contributed by atoms with Crippen LogP contribution in [0.4, 0.5) is 5.82 Å². The van der Waals surface area contributed by atoms with Crippen LogP contribution in [0.25, 0.3) is 16.6 Å². The third kappa shape index (κ3) is 6.15. The van der Waals surface area contributed by atoms with E-state index < -0.39 is 0 Å². The Hall–Kier alpha value is -3.50. The van der Waals surface area contributed by atoms with Crippen LogP contribution in [0, 0.1) is 0 Å². The predicted molar refractivity (Wildman–Crippen MR) is 167 cm³/mol. The molecule has 4 aromatic rings. The van der Waals surface area contributed by atoms with E-state index in [2.05, 4.69) is 10.1 Å². The zero-order valence-corrected chi connectivity index (χ0v) is 25.7. The normalized spacial score (nSPS) is 15.6. The molecule has 2 aromatic heterocycles. The average Bonchev–Trinajstić information content (AvgIpc) is 3.28. The lowest BCUT2D eigenvalue weighted by Gasteiger charge is -2.32. The Labute approximate surface area is 259 Å². The topological polar surface area (TPSA) is 98.2 Å². The number of fused-ring (bicyclic) bond motifs is 1. The molecule has 0 saturated carbocycles. The fraction of sp³-hybridized carbons (Fsp3) is 0.300. The number of ether oxygens (including phenoxy) is 2. The summed E-state index contributed by atoms with van der Waals surface area (Å²) in [5, 5.41) is 5.85. The Morgan fingerprint density at radius 3 is 2.69 bits per heavy atom. The highest BCUT2D eigenvalue weighted by atomic mass is 35.5.